The van der Waals surface area contributed by atoms with Crippen LogP contribution in [0.15, 0.2) is 160 Å². The van der Waals surface area contributed by atoms with E-state index in [-0.39, 0.29) is 0 Å². The number of fused-ring (bicyclic) bond motifs is 5. The van der Waals surface area contributed by atoms with Gasteiger partial charge in [-0.1, -0.05) is 72.3 Å². The summed E-state index contributed by atoms with van der Waals surface area (Å²) in [4.78, 5) is 9.51. The molecule has 238 valence electrons. The number of hydrogen-bond acceptors (Lipinski definition) is 4. The smallest absolute Gasteiger partial charge is 0.227 e. The Morgan fingerprint density at radius 2 is 0.980 bits per heavy atom. The number of hydrogen-bond donors (Lipinski definition) is 0. The second kappa shape index (κ2) is 11.3. The molecule has 50 heavy (non-hydrogen) atoms. The summed E-state index contributed by atoms with van der Waals surface area (Å²) in [7, 11) is 0. The predicted molar refractivity (Wildman–Crippen MR) is 204 cm³/mol. The van der Waals surface area contributed by atoms with Gasteiger partial charge in [0.25, 0.3) is 0 Å². The summed E-state index contributed by atoms with van der Waals surface area (Å²) in [6, 6.07) is 46.4. The third kappa shape index (κ3) is 4.78. The summed E-state index contributed by atoms with van der Waals surface area (Å²) in [5, 5.41) is 2.43. The largest absolute Gasteiger partial charge is 0.436 e. The number of aromatic nitrogens is 3. The topological polar surface area (TPSA) is 57.0 Å². The zero-order valence-electron chi connectivity index (χ0n) is 27.4. The number of allylic oxidation sites excluding steroid dienone is 4. The van der Waals surface area contributed by atoms with Gasteiger partial charge in [-0.3, -0.25) is 0 Å². The fourth-order valence-corrected chi connectivity index (χ4v) is 7.26. The third-order valence-corrected chi connectivity index (χ3v) is 9.86. The molecule has 0 fully saturated rings. The number of oxazole rings is 2. The van der Waals surface area contributed by atoms with Gasteiger partial charge < -0.3 is 13.4 Å². The Bertz CT molecular complexity index is 2600. The highest BCUT2D eigenvalue weighted by molar-refractivity contribution is 6.12. The maximum atomic E-state index is 6.12. The van der Waals surface area contributed by atoms with E-state index in [0.717, 1.165) is 68.4 Å². The molecule has 0 aliphatic heterocycles. The summed E-state index contributed by atoms with van der Waals surface area (Å²) in [5.74, 6) is 1.26. The Morgan fingerprint density at radius 1 is 0.480 bits per heavy atom. The Morgan fingerprint density at radius 3 is 1.48 bits per heavy atom. The number of para-hydroxylation sites is 4. The first kappa shape index (κ1) is 28.5. The molecule has 6 aromatic carbocycles. The van der Waals surface area contributed by atoms with Gasteiger partial charge in [0.05, 0.1) is 11.0 Å². The van der Waals surface area contributed by atoms with E-state index in [1.807, 2.05) is 48.5 Å². The van der Waals surface area contributed by atoms with Gasteiger partial charge >= 0.3 is 0 Å². The van der Waals surface area contributed by atoms with Crippen molar-refractivity contribution in [1.82, 2.24) is 14.5 Å². The van der Waals surface area contributed by atoms with E-state index in [9.17, 15) is 0 Å². The lowest BCUT2D eigenvalue weighted by Crippen LogP contribution is -2.00. The van der Waals surface area contributed by atoms with Crippen molar-refractivity contribution in [1.29, 1.82) is 0 Å². The number of rotatable bonds is 5. The highest BCUT2D eigenvalue weighted by atomic mass is 16.4. The van der Waals surface area contributed by atoms with Crippen LogP contribution in [0.1, 0.15) is 19.8 Å². The normalized spacial score (nSPS) is 13.4. The van der Waals surface area contributed by atoms with E-state index in [1.54, 1.807) is 0 Å². The van der Waals surface area contributed by atoms with Gasteiger partial charge in [0.1, 0.15) is 11.0 Å². The summed E-state index contributed by atoms with van der Waals surface area (Å²) >= 11 is 0. The molecule has 10 rings (SSSR count). The van der Waals surface area contributed by atoms with Crippen LogP contribution in [-0.2, 0) is 0 Å². The van der Waals surface area contributed by atoms with Gasteiger partial charge in [-0.15, -0.1) is 0 Å². The maximum absolute atomic E-state index is 6.12. The van der Waals surface area contributed by atoms with Gasteiger partial charge in [-0.2, -0.15) is 0 Å². The molecule has 1 aliphatic carbocycles. The fourth-order valence-electron chi connectivity index (χ4n) is 7.26. The molecule has 0 amide bonds. The lowest BCUT2D eigenvalue weighted by atomic mass is 9.98. The molecule has 0 saturated carbocycles. The van der Waals surface area contributed by atoms with Crippen LogP contribution >= 0.6 is 0 Å². The highest BCUT2D eigenvalue weighted by Gasteiger charge is 2.18. The SMILES string of the molecule is CC1=CC=C(n2c3ccc(-c4cccc(-c5nc6ccccc6o5)c4)cc3c3cc(-c4cccc(-c5nc6ccccc6o5)c4)ccc32)CC1. The quantitative estimate of drug-likeness (QED) is 0.187. The first-order chi connectivity index (χ1) is 24.6. The molecule has 3 heterocycles. The van der Waals surface area contributed by atoms with Crippen LogP contribution in [0, 0.1) is 0 Å². The minimum Gasteiger partial charge on any atom is -0.436 e. The lowest BCUT2D eigenvalue weighted by molar-refractivity contribution is 0.619. The molecular formula is C45H31N3O2. The second-order valence-corrected chi connectivity index (χ2v) is 13.1. The Kier molecular flexibility index (Phi) is 6.46. The van der Waals surface area contributed by atoms with E-state index in [0.29, 0.717) is 11.8 Å². The van der Waals surface area contributed by atoms with Crippen LogP contribution in [-0.4, -0.2) is 14.5 Å². The minimum atomic E-state index is 0.628. The molecule has 0 spiro atoms. The average Bonchev–Trinajstić information content (AvgIpc) is 3.89. The van der Waals surface area contributed by atoms with Crippen molar-refractivity contribution < 1.29 is 8.83 Å². The Hall–Kier alpha value is -6.46. The average molecular weight is 646 g/mol. The van der Waals surface area contributed by atoms with E-state index in [4.69, 9.17) is 18.8 Å². The van der Waals surface area contributed by atoms with Crippen LogP contribution in [0.3, 0.4) is 0 Å². The molecule has 9 aromatic rings. The van der Waals surface area contributed by atoms with Crippen molar-refractivity contribution >= 4 is 49.7 Å². The molecule has 0 unspecified atom stereocenters. The van der Waals surface area contributed by atoms with Crippen molar-refractivity contribution in [2.75, 3.05) is 0 Å². The lowest BCUT2D eigenvalue weighted by Gasteiger charge is -2.16. The van der Waals surface area contributed by atoms with Crippen molar-refractivity contribution in [2.24, 2.45) is 0 Å². The van der Waals surface area contributed by atoms with Gasteiger partial charge in [-0.25, -0.2) is 9.97 Å². The van der Waals surface area contributed by atoms with Crippen molar-refractivity contribution in [3.63, 3.8) is 0 Å². The predicted octanol–water partition coefficient (Wildman–Crippen LogP) is 12.3. The second-order valence-electron chi connectivity index (χ2n) is 13.1. The molecule has 5 nitrogen and oxygen atoms in total. The van der Waals surface area contributed by atoms with Gasteiger partial charge in [-0.05, 0) is 121 Å². The Balaban J connectivity index is 1.12. The molecular weight excluding hydrogens is 615 g/mol. The van der Waals surface area contributed by atoms with E-state index in [1.165, 1.54) is 33.1 Å². The molecule has 0 radical (unpaired) electrons. The van der Waals surface area contributed by atoms with Crippen LogP contribution < -0.4 is 0 Å². The molecule has 0 N–H and O–H groups in total. The molecule has 5 heteroatoms. The first-order valence-corrected chi connectivity index (χ1v) is 17.0. The number of benzene rings is 6. The molecule has 0 atom stereocenters. The fraction of sp³-hybridized carbons (Fsp3) is 0.0667. The van der Waals surface area contributed by atoms with Crippen LogP contribution in [0.4, 0.5) is 0 Å². The van der Waals surface area contributed by atoms with Crippen molar-refractivity contribution in [2.45, 2.75) is 19.8 Å². The van der Waals surface area contributed by atoms with Gasteiger partial charge in [0, 0.05) is 27.6 Å². The van der Waals surface area contributed by atoms with E-state index in [2.05, 4.69) is 109 Å². The number of nitrogens with zero attached hydrogens (tertiary/aromatic N) is 3. The standard InChI is InChI=1S/C45H31N3O2/c1-28-16-20-35(21-17-28)48-40-22-18-31(29-8-6-10-33(24-29)44-46-38-12-2-4-14-42(38)49-44)26-36(40)37-27-32(19-23-41(37)48)30-9-7-11-34(25-30)45-47-39-13-3-5-15-43(39)50-45/h2-16,18-20,22-27H,17,21H2,1H3. The first-order valence-electron chi connectivity index (χ1n) is 17.0. The summed E-state index contributed by atoms with van der Waals surface area (Å²) in [6.45, 7) is 2.21. The maximum Gasteiger partial charge on any atom is 0.227 e. The van der Waals surface area contributed by atoms with Crippen LogP contribution in [0.25, 0.3) is 94.9 Å². The summed E-state index contributed by atoms with van der Waals surface area (Å²) in [5.41, 5.74) is 14.9. The van der Waals surface area contributed by atoms with Crippen LogP contribution in [0.5, 0.6) is 0 Å². The third-order valence-electron chi connectivity index (χ3n) is 9.86. The Labute approximate surface area is 288 Å². The van der Waals surface area contributed by atoms with Crippen molar-refractivity contribution in [3.8, 4) is 45.2 Å². The van der Waals surface area contributed by atoms with E-state index < -0.39 is 0 Å². The monoisotopic (exact) mass is 645 g/mol. The van der Waals surface area contributed by atoms with E-state index >= 15 is 0 Å². The minimum absolute atomic E-state index is 0.628. The molecule has 0 saturated heterocycles. The van der Waals surface area contributed by atoms with Crippen molar-refractivity contribution in [3.05, 3.63) is 151 Å². The molecule has 3 aromatic heterocycles. The zero-order valence-corrected chi connectivity index (χ0v) is 27.4. The summed E-state index contributed by atoms with van der Waals surface area (Å²) in [6.07, 6.45) is 6.61. The van der Waals surface area contributed by atoms with Gasteiger partial charge in [0.15, 0.2) is 11.2 Å². The zero-order chi connectivity index (χ0) is 33.2. The highest BCUT2D eigenvalue weighted by Crippen LogP contribution is 2.40. The molecule has 0 bridgehead atoms. The van der Waals surface area contributed by atoms with Gasteiger partial charge in [0.2, 0.25) is 11.8 Å². The molecule has 1 aliphatic rings. The summed E-state index contributed by atoms with van der Waals surface area (Å²) < 4.78 is 14.7. The van der Waals surface area contributed by atoms with Crippen LogP contribution in [0.2, 0.25) is 0 Å².